The number of benzene rings is 1. The first-order chi connectivity index (χ1) is 8.97. The average Bonchev–Trinajstić information content (AvgIpc) is 2.85. The Bertz CT molecular complexity index is 505. The minimum absolute atomic E-state index is 0.142. The minimum atomic E-state index is -4.50. The van der Waals surface area contributed by atoms with E-state index < -0.39 is 11.7 Å². The van der Waals surface area contributed by atoms with Crippen LogP contribution in [0.25, 0.3) is 0 Å². The summed E-state index contributed by atoms with van der Waals surface area (Å²) in [5.74, 6) is 0. The number of hydrogen-bond donors (Lipinski definition) is 1. The van der Waals surface area contributed by atoms with Gasteiger partial charge in [-0.25, -0.2) is 0 Å². The number of nitrogens with two attached hydrogens (primary N) is 1. The molecule has 3 nitrogen and oxygen atoms in total. The van der Waals surface area contributed by atoms with Gasteiger partial charge in [-0.1, -0.05) is 0 Å². The predicted octanol–water partition coefficient (Wildman–Crippen LogP) is 2.50. The van der Waals surface area contributed by atoms with Gasteiger partial charge < -0.3 is 10.6 Å². The summed E-state index contributed by atoms with van der Waals surface area (Å²) in [7, 11) is 0. The topological polar surface area (TPSA) is 53.0 Å². The first kappa shape index (κ1) is 13.7. The van der Waals surface area contributed by atoms with E-state index in [1.165, 1.54) is 12.1 Å². The summed E-state index contributed by atoms with van der Waals surface area (Å²) in [4.78, 5) is 1.97. The highest BCUT2D eigenvalue weighted by atomic mass is 19.4. The number of nitrogens with zero attached hydrogens (tertiary/aromatic N) is 2. The zero-order valence-electron chi connectivity index (χ0n) is 10.2. The Morgan fingerprint density at radius 2 is 2.16 bits per heavy atom. The molecule has 1 fully saturated rings. The summed E-state index contributed by atoms with van der Waals surface area (Å²) >= 11 is 0. The Labute approximate surface area is 109 Å². The number of anilines is 1. The van der Waals surface area contributed by atoms with Crippen LogP contribution < -0.4 is 10.6 Å². The van der Waals surface area contributed by atoms with Crippen molar-refractivity contribution in [3.05, 3.63) is 29.3 Å². The zero-order chi connectivity index (χ0) is 14.0. The first-order valence-corrected chi connectivity index (χ1v) is 6.05. The molecule has 0 radical (unpaired) electrons. The highest BCUT2D eigenvalue weighted by molar-refractivity contribution is 5.56. The summed E-state index contributed by atoms with van der Waals surface area (Å²) in [6.07, 6.45) is -2.61. The fourth-order valence-electron chi connectivity index (χ4n) is 2.47. The van der Waals surface area contributed by atoms with Gasteiger partial charge in [-0.3, -0.25) is 0 Å². The van der Waals surface area contributed by atoms with E-state index in [4.69, 9.17) is 11.0 Å². The molecular weight excluding hydrogens is 255 g/mol. The fourth-order valence-corrected chi connectivity index (χ4v) is 2.47. The van der Waals surface area contributed by atoms with Crippen molar-refractivity contribution in [3.63, 3.8) is 0 Å². The predicted molar refractivity (Wildman–Crippen MR) is 65.6 cm³/mol. The molecule has 0 aliphatic carbocycles. The van der Waals surface area contributed by atoms with Crippen molar-refractivity contribution in [2.24, 2.45) is 5.73 Å². The Hall–Kier alpha value is -1.74. The minimum Gasteiger partial charge on any atom is -0.367 e. The summed E-state index contributed by atoms with van der Waals surface area (Å²) in [6, 6.07) is 5.45. The van der Waals surface area contributed by atoms with Crippen LogP contribution in [0.15, 0.2) is 18.2 Å². The number of rotatable bonds is 2. The van der Waals surface area contributed by atoms with Crippen molar-refractivity contribution in [2.45, 2.75) is 25.1 Å². The van der Waals surface area contributed by atoms with E-state index in [9.17, 15) is 13.2 Å². The van der Waals surface area contributed by atoms with Crippen molar-refractivity contribution in [2.75, 3.05) is 18.0 Å². The van der Waals surface area contributed by atoms with Crippen molar-refractivity contribution >= 4 is 5.69 Å². The van der Waals surface area contributed by atoms with Crippen molar-refractivity contribution in [1.82, 2.24) is 0 Å². The van der Waals surface area contributed by atoms with E-state index in [0.717, 1.165) is 25.5 Å². The molecule has 0 aromatic heterocycles. The molecule has 1 aromatic rings. The number of alkyl halides is 3. The Morgan fingerprint density at radius 1 is 1.42 bits per heavy atom. The second kappa shape index (κ2) is 5.10. The lowest BCUT2D eigenvalue weighted by molar-refractivity contribution is -0.137. The molecular formula is C13H14F3N3. The molecule has 0 amide bonds. The van der Waals surface area contributed by atoms with Gasteiger partial charge in [0.1, 0.15) is 0 Å². The fraction of sp³-hybridized carbons (Fsp3) is 0.462. The molecule has 1 aromatic carbocycles. The van der Waals surface area contributed by atoms with E-state index >= 15 is 0 Å². The van der Waals surface area contributed by atoms with Crippen LogP contribution in [0.1, 0.15) is 24.0 Å². The summed E-state index contributed by atoms with van der Waals surface area (Å²) in [5.41, 5.74) is 5.05. The van der Waals surface area contributed by atoms with E-state index in [1.807, 2.05) is 4.90 Å². The van der Waals surface area contributed by atoms with Crippen LogP contribution in [-0.4, -0.2) is 19.1 Å². The maximum absolute atomic E-state index is 12.7. The van der Waals surface area contributed by atoms with Gasteiger partial charge in [0, 0.05) is 24.8 Å². The van der Waals surface area contributed by atoms with Crippen LogP contribution in [-0.2, 0) is 6.18 Å². The molecule has 0 bridgehead atoms. The van der Waals surface area contributed by atoms with E-state index in [1.54, 1.807) is 6.07 Å². The van der Waals surface area contributed by atoms with Crippen LogP contribution in [0.3, 0.4) is 0 Å². The first-order valence-electron chi connectivity index (χ1n) is 6.05. The molecule has 1 unspecified atom stereocenters. The molecule has 0 saturated carbocycles. The lowest BCUT2D eigenvalue weighted by Crippen LogP contribution is -2.35. The molecule has 19 heavy (non-hydrogen) atoms. The van der Waals surface area contributed by atoms with E-state index in [-0.39, 0.29) is 11.6 Å². The molecule has 1 aliphatic heterocycles. The van der Waals surface area contributed by atoms with Gasteiger partial charge in [-0.05, 0) is 31.0 Å². The second-order valence-electron chi connectivity index (χ2n) is 4.56. The highest BCUT2D eigenvalue weighted by Crippen LogP contribution is 2.35. The quantitative estimate of drug-likeness (QED) is 0.897. The maximum atomic E-state index is 12.7. The zero-order valence-corrected chi connectivity index (χ0v) is 10.2. The molecule has 1 atom stereocenters. The Morgan fingerprint density at radius 3 is 2.74 bits per heavy atom. The van der Waals surface area contributed by atoms with Crippen molar-refractivity contribution in [3.8, 4) is 6.07 Å². The van der Waals surface area contributed by atoms with Gasteiger partial charge in [0.2, 0.25) is 0 Å². The second-order valence-corrected chi connectivity index (χ2v) is 4.56. The van der Waals surface area contributed by atoms with E-state index in [0.29, 0.717) is 12.2 Å². The molecule has 0 spiro atoms. The van der Waals surface area contributed by atoms with Gasteiger partial charge in [-0.2, -0.15) is 18.4 Å². The van der Waals surface area contributed by atoms with Gasteiger partial charge in [0.25, 0.3) is 0 Å². The third-order valence-corrected chi connectivity index (χ3v) is 3.41. The maximum Gasteiger partial charge on any atom is 0.417 e. The van der Waals surface area contributed by atoms with Crippen LogP contribution in [0.2, 0.25) is 0 Å². The third kappa shape index (κ3) is 2.66. The summed E-state index contributed by atoms with van der Waals surface area (Å²) < 4.78 is 38.1. The highest BCUT2D eigenvalue weighted by Gasteiger charge is 2.34. The van der Waals surface area contributed by atoms with Gasteiger partial charge in [0.05, 0.1) is 17.2 Å². The molecule has 6 heteroatoms. The molecule has 1 saturated heterocycles. The van der Waals surface area contributed by atoms with Gasteiger partial charge >= 0.3 is 6.18 Å². The Balaban J connectivity index is 2.38. The monoisotopic (exact) mass is 269 g/mol. The average molecular weight is 269 g/mol. The number of nitriles is 1. The smallest absolute Gasteiger partial charge is 0.367 e. The normalized spacial score (nSPS) is 19.5. The lowest BCUT2D eigenvalue weighted by Gasteiger charge is -2.26. The Kier molecular flexibility index (Phi) is 3.67. The lowest BCUT2D eigenvalue weighted by atomic mass is 10.1. The van der Waals surface area contributed by atoms with Crippen molar-refractivity contribution < 1.29 is 13.2 Å². The number of halogens is 3. The largest absolute Gasteiger partial charge is 0.417 e. The molecule has 1 aliphatic rings. The van der Waals surface area contributed by atoms with E-state index in [2.05, 4.69) is 0 Å². The van der Waals surface area contributed by atoms with Gasteiger partial charge in [0.15, 0.2) is 0 Å². The summed E-state index contributed by atoms with van der Waals surface area (Å²) in [6.45, 7) is 1.22. The molecule has 1 heterocycles. The van der Waals surface area contributed by atoms with Crippen LogP contribution in [0.5, 0.6) is 0 Å². The molecule has 2 rings (SSSR count). The number of hydrogen-bond acceptors (Lipinski definition) is 3. The van der Waals surface area contributed by atoms with Crippen LogP contribution >= 0.6 is 0 Å². The van der Waals surface area contributed by atoms with Crippen molar-refractivity contribution in [1.29, 1.82) is 5.26 Å². The molecule has 102 valence electrons. The SMILES string of the molecule is N#Cc1cc(N2CCCC2CN)ccc1C(F)(F)F. The van der Waals surface area contributed by atoms with Crippen LogP contribution in [0.4, 0.5) is 18.9 Å². The third-order valence-electron chi connectivity index (χ3n) is 3.41. The molecule has 2 N–H and O–H groups in total. The standard InChI is InChI=1S/C13H14F3N3/c14-13(15,16)12-4-3-10(6-9(12)7-17)19-5-1-2-11(19)8-18/h3-4,6,11H,1-2,5,8,18H2. The van der Waals surface area contributed by atoms with Crippen LogP contribution in [0, 0.1) is 11.3 Å². The summed E-state index contributed by atoms with van der Waals surface area (Å²) in [5, 5.41) is 8.88. The van der Waals surface area contributed by atoms with Gasteiger partial charge in [-0.15, -0.1) is 0 Å².